The van der Waals surface area contributed by atoms with E-state index in [0.29, 0.717) is 12.6 Å². The molecule has 1 rings (SSSR count). The average molecular weight is 216 g/mol. The Hall–Kier alpha value is -0.220. The molecule has 3 nitrogen and oxygen atoms in total. The molecule has 0 heterocycles. The fourth-order valence-electron chi connectivity index (χ4n) is 1.22. The molecule has 1 saturated carbocycles. The molecule has 4 heteroatoms. The molecule has 2 N–H and O–H groups in total. The molecular formula is C10H20N2OS. The van der Waals surface area contributed by atoms with E-state index in [1.165, 1.54) is 12.8 Å². The highest BCUT2D eigenvalue weighted by Crippen LogP contribution is 2.27. The molecule has 1 fully saturated rings. The van der Waals surface area contributed by atoms with Crippen LogP contribution in [0.4, 0.5) is 0 Å². The Labute approximate surface area is 90.4 Å². The number of hydrogen-bond donors (Lipinski definition) is 2. The molecule has 0 radical (unpaired) electrons. The van der Waals surface area contributed by atoms with Gasteiger partial charge in [0.05, 0.1) is 6.54 Å². The highest BCUT2D eigenvalue weighted by Gasteiger charge is 2.21. The maximum absolute atomic E-state index is 11.3. The molecule has 1 aliphatic rings. The van der Waals surface area contributed by atoms with Crippen LogP contribution in [-0.4, -0.2) is 37.0 Å². The van der Waals surface area contributed by atoms with Crippen molar-refractivity contribution < 1.29 is 4.79 Å². The highest BCUT2D eigenvalue weighted by atomic mass is 32.2. The van der Waals surface area contributed by atoms with Crippen LogP contribution in [0.2, 0.25) is 0 Å². The van der Waals surface area contributed by atoms with Crippen molar-refractivity contribution in [2.75, 3.05) is 25.1 Å². The molecule has 0 aromatic rings. The van der Waals surface area contributed by atoms with Gasteiger partial charge in [-0.25, -0.2) is 0 Å². The van der Waals surface area contributed by atoms with E-state index < -0.39 is 0 Å². The Balaban J connectivity index is 1.95. The van der Waals surface area contributed by atoms with E-state index in [1.54, 1.807) is 11.8 Å². The minimum atomic E-state index is 0.129. The lowest BCUT2D eigenvalue weighted by Crippen LogP contribution is -2.39. The van der Waals surface area contributed by atoms with Gasteiger partial charge in [0.1, 0.15) is 0 Å². The normalized spacial score (nSPS) is 17.9. The van der Waals surface area contributed by atoms with E-state index in [4.69, 9.17) is 0 Å². The summed E-state index contributed by atoms with van der Waals surface area (Å²) in [6.07, 6.45) is 4.65. The van der Waals surface area contributed by atoms with Crippen LogP contribution < -0.4 is 10.6 Å². The Kier molecular flexibility index (Phi) is 5.33. The zero-order valence-electron chi connectivity index (χ0n) is 9.01. The van der Waals surface area contributed by atoms with Gasteiger partial charge in [-0.3, -0.25) is 4.79 Å². The van der Waals surface area contributed by atoms with Crippen LogP contribution in [0.1, 0.15) is 19.8 Å². The molecule has 0 spiro atoms. The second-order valence-electron chi connectivity index (χ2n) is 3.98. The van der Waals surface area contributed by atoms with E-state index in [9.17, 15) is 4.79 Å². The van der Waals surface area contributed by atoms with Gasteiger partial charge < -0.3 is 10.6 Å². The largest absolute Gasteiger partial charge is 0.355 e. The first-order valence-corrected chi connectivity index (χ1v) is 6.60. The average Bonchev–Trinajstić information content (AvgIpc) is 2.95. The van der Waals surface area contributed by atoms with E-state index >= 15 is 0 Å². The lowest BCUT2D eigenvalue weighted by atomic mass is 10.3. The van der Waals surface area contributed by atoms with E-state index in [-0.39, 0.29) is 5.91 Å². The van der Waals surface area contributed by atoms with Gasteiger partial charge in [-0.15, -0.1) is 0 Å². The second kappa shape index (κ2) is 6.30. The van der Waals surface area contributed by atoms with Crippen LogP contribution in [-0.2, 0) is 4.79 Å². The molecule has 14 heavy (non-hydrogen) atoms. The van der Waals surface area contributed by atoms with E-state index in [1.807, 2.05) is 0 Å². The summed E-state index contributed by atoms with van der Waals surface area (Å²) in [5, 5.41) is 6.13. The fourth-order valence-corrected chi connectivity index (χ4v) is 1.84. The van der Waals surface area contributed by atoms with Crippen molar-refractivity contribution in [2.24, 2.45) is 5.92 Å². The zero-order valence-corrected chi connectivity index (χ0v) is 9.82. The van der Waals surface area contributed by atoms with Gasteiger partial charge in [-0.05, 0) is 31.9 Å². The van der Waals surface area contributed by atoms with E-state index in [2.05, 4.69) is 23.8 Å². The summed E-state index contributed by atoms with van der Waals surface area (Å²) >= 11 is 1.80. The monoisotopic (exact) mass is 216 g/mol. The minimum absolute atomic E-state index is 0.129. The summed E-state index contributed by atoms with van der Waals surface area (Å²) in [5.41, 5.74) is 0. The summed E-state index contributed by atoms with van der Waals surface area (Å²) in [6, 6.07) is 0.414. The number of hydrogen-bond acceptors (Lipinski definition) is 3. The summed E-state index contributed by atoms with van der Waals surface area (Å²) in [7, 11) is 0. The summed E-state index contributed by atoms with van der Waals surface area (Å²) < 4.78 is 0. The molecule has 0 bridgehead atoms. The molecule has 0 saturated heterocycles. The highest BCUT2D eigenvalue weighted by molar-refractivity contribution is 7.98. The first-order chi connectivity index (χ1) is 6.72. The third kappa shape index (κ3) is 5.50. The first-order valence-electron chi connectivity index (χ1n) is 5.21. The predicted octanol–water partition coefficient (Wildman–Crippen LogP) is 0.854. The predicted molar refractivity (Wildman–Crippen MR) is 61.6 cm³/mol. The fraction of sp³-hybridized carbons (Fsp3) is 0.900. The summed E-state index contributed by atoms with van der Waals surface area (Å²) in [6.45, 7) is 3.43. The first kappa shape index (κ1) is 11.9. The number of thioether (sulfide) groups is 1. The molecule has 0 aliphatic heterocycles. The summed E-state index contributed by atoms with van der Waals surface area (Å²) in [5.74, 6) is 1.95. The van der Waals surface area contributed by atoms with Gasteiger partial charge in [0.2, 0.25) is 5.91 Å². The molecule has 1 amide bonds. The maximum Gasteiger partial charge on any atom is 0.233 e. The molecule has 1 unspecified atom stereocenters. The minimum Gasteiger partial charge on any atom is -0.355 e. The SMILES string of the molecule is CSCC(C)NCC(=O)NCC1CC1. The number of carbonyl (C=O) groups is 1. The lowest BCUT2D eigenvalue weighted by molar-refractivity contribution is -0.120. The third-order valence-electron chi connectivity index (χ3n) is 2.31. The Bertz CT molecular complexity index is 183. The summed E-state index contributed by atoms with van der Waals surface area (Å²) in [4.78, 5) is 11.3. The molecule has 82 valence electrons. The number of amides is 1. The third-order valence-corrected chi connectivity index (χ3v) is 3.15. The van der Waals surface area contributed by atoms with Crippen LogP contribution in [0.5, 0.6) is 0 Å². The quantitative estimate of drug-likeness (QED) is 0.663. The van der Waals surface area contributed by atoms with Crippen molar-refractivity contribution in [1.29, 1.82) is 0 Å². The molecule has 0 aromatic heterocycles. The van der Waals surface area contributed by atoms with Crippen LogP contribution in [0.3, 0.4) is 0 Å². The van der Waals surface area contributed by atoms with Gasteiger partial charge in [0, 0.05) is 18.3 Å². The van der Waals surface area contributed by atoms with Gasteiger partial charge in [0.25, 0.3) is 0 Å². The van der Waals surface area contributed by atoms with Crippen LogP contribution in [0, 0.1) is 5.92 Å². The van der Waals surface area contributed by atoms with Crippen LogP contribution in [0.25, 0.3) is 0 Å². The Morgan fingerprint density at radius 3 is 2.86 bits per heavy atom. The van der Waals surface area contributed by atoms with Crippen LogP contribution in [0.15, 0.2) is 0 Å². The lowest BCUT2D eigenvalue weighted by Gasteiger charge is -2.11. The maximum atomic E-state index is 11.3. The molecule has 1 atom stereocenters. The van der Waals surface area contributed by atoms with Gasteiger partial charge in [0.15, 0.2) is 0 Å². The topological polar surface area (TPSA) is 41.1 Å². The number of nitrogens with one attached hydrogen (secondary N) is 2. The number of rotatable bonds is 7. The smallest absolute Gasteiger partial charge is 0.233 e. The van der Waals surface area contributed by atoms with Crippen molar-refractivity contribution in [2.45, 2.75) is 25.8 Å². The van der Waals surface area contributed by atoms with E-state index in [0.717, 1.165) is 18.2 Å². The standard InChI is InChI=1S/C10H20N2OS/c1-8(7-14-2)11-6-10(13)12-5-9-3-4-9/h8-9,11H,3-7H2,1-2H3,(H,12,13). The molecule has 1 aliphatic carbocycles. The Morgan fingerprint density at radius 2 is 2.29 bits per heavy atom. The molecule has 0 aromatic carbocycles. The van der Waals surface area contributed by atoms with Crippen molar-refractivity contribution in [3.8, 4) is 0 Å². The van der Waals surface area contributed by atoms with Gasteiger partial charge in [-0.1, -0.05) is 0 Å². The second-order valence-corrected chi connectivity index (χ2v) is 4.90. The van der Waals surface area contributed by atoms with Gasteiger partial charge >= 0.3 is 0 Å². The van der Waals surface area contributed by atoms with Gasteiger partial charge in [-0.2, -0.15) is 11.8 Å². The Morgan fingerprint density at radius 1 is 1.57 bits per heavy atom. The van der Waals surface area contributed by atoms with Crippen molar-refractivity contribution in [1.82, 2.24) is 10.6 Å². The van der Waals surface area contributed by atoms with Crippen molar-refractivity contribution >= 4 is 17.7 Å². The molecular weight excluding hydrogens is 196 g/mol. The van der Waals surface area contributed by atoms with Crippen molar-refractivity contribution in [3.63, 3.8) is 0 Å². The van der Waals surface area contributed by atoms with Crippen LogP contribution >= 0.6 is 11.8 Å². The zero-order chi connectivity index (χ0) is 10.4. The van der Waals surface area contributed by atoms with Crippen molar-refractivity contribution in [3.05, 3.63) is 0 Å². The number of carbonyl (C=O) groups excluding carboxylic acids is 1.